The lowest BCUT2D eigenvalue weighted by atomic mass is 10.1. The highest BCUT2D eigenvalue weighted by Gasteiger charge is 2.12. The van der Waals surface area contributed by atoms with Crippen molar-refractivity contribution in [1.29, 1.82) is 0 Å². The second-order valence-electron chi connectivity index (χ2n) is 3.32. The standard InChI is InChI=1S/C12H15BrO2S/c1-3-6-16-8-11(14)10-7-9(13)4-5-12(10)15-2/h4-5,7H,3,6,8H2,1-2H3. The molecule has 0 aliphatic heterocycles. The fourth-order valence-corrected chi connectivity index (χ4v) is 2.42. The minimum atomic E-state index is 0.122. The smallest absolute Gasteiger partial charge is 0.176 e. The molecule has 88 valence electrons. The number of carbonyl (C=O) groups is 1. The molecule has 1 rings (SSSR count). The van der Waals surface area contributed by atoms with Gasteiger partial charge in [0.1, 0.15) is 5.75 Å². The average Bonchev–Trinajstić information content (AvgIpc) is 2.29. The van der Waals surface area contributed by atoms with E-state index in [9.17, 15) is 4.79 Å². The fourth-order valence-electron chi connectivity index (χ4n) is 1.29. The highest BCUT2D eigenvalue weighted by molar-refractivity contribution is 9.10. The molecule has 0 heterocycles. The van der Waals surface area contributed by atoms with Gasteiger partial charge < -0.3 is 4.74 Å². The van der Waals surface area contributed by atoms with Crippen LogP contribution in [0.2, 0.25) is 0 Å². The van der Waals surface area contributed by atoms with Crippen LogP contribution in [0.1, 0.15) is 23.7 Å². The van der Waals surface area contributed by atoms with Crippen molar-refractivity contribution < 1.29 is 9.53 Å². The number of ketones is 1. The topological polar surface area (TPSA) is 26.3 Å². The molecule has 0 fully saturated rings. The Labute approximate surface area is 109 Å². The zero-order valence-corrected chi connectivity index (χ0v) is 11.9. The normalized spacial score (nSPS) is 10.2. The number of Topliss-reactive ketones (excluding diaryl/α,β-unsaturated/α-hetero) is 1. The van der Waals surface area contributed by atoms with Gasteiger partial charge in [-0.3, -0.25) is 4.79 Å². The Hall–Kier alpha value is -0.480. The van der Waals surface area contributed by atoms with E-state index in [4.69, 9.17) is 4.74 Å². The van der Waals surface area contributed by atoms with Crippen molar-refractivity contribution in [2.75, 3.05) is 18.6 Å². The summed E-state index contributed by atoms with van der Waals surface area (Å²) in [6.45, 7) is 2.11. The molecule has 1 aromatic rings. The summed E-state index contributed by atoms with van der Waals surface area (Å²) in [6, 6.07) is 5.49. The van der Waals surface area contributed by atoms with E-state index >= 15 is 0 Å². The largest absolute Gasteiger partial charge is 0.496 e. The van der Waals surface area contributed by atoms with E-state index in [2.05, 4.69) is 22.9 Å². The molecule has 0 saturated heterocycles. The molecule has 0 radical (unpaired) electrons. The number of ether oxygens (including phenoxy) is 1. The van der Waals surface area contributed by atoms with Gasteiger partial charge in [0, 0.05) is 4.47 Å². The maximum atomic E-state index is 11.9. The summed E-state index contributed by atoms with van der Waals surface area (Å²) < 4.78 is 6.08. The molecule has 0 spiro atoms. The highest BCUT2D eigenvalue weighted by atomic mass is 79.9. The van der Waals surface area contributed by atoms with Crippen molar-refractivity contribution in [3.8, 4) is 5.75 Å². The number of halogens is 1. The summed E-state index contributed by atoms with van der Waals surface area (Å²) in [5.74, 6) is 2.30. The van der Waals surface area contributed by atoms with Crippen molar-refractivity contribution in [2.45, 2.75) is 13.3 Å². The predicted octanol–water partition coefficient (Wildman–Crippen LogP) is 3.78. The molecule has 0 unspecified atom stereocenters. The van der Waals surface area contributed by atoms with E-state index in [1.165, 1.54) is 0 Å². The molecule has 4 heteroatoms. The Bertz CT molecular complexity index is 366. The van der Waals surface area contributed by atoms with Crippen LogP contribution >= 0.6 is 27.7 Å². The van der Waals surface area contributed by atoms with Gasteiger partial charge in [-0.25, -0.2) is 0 Å². The van der Waals surface area contributed by atoms with Crippen LogP contribution in [0.15, 0.2) is 22.7 Å². The Kier molecular flexibility index (Phi) is 5.91. The van der Waals surface area contributed by atoms with E-state index in [-0.39, 0.29) is 5.78 Å². The van der Waals surface area contributed by atoms with E-state index < -0.39 is 0 Å². The average molecular weight is 303 g/mol. The first kappa shape index (κ1) is 13.6. The van der Waals surface area contributed by atoms with Gasteiger partial charge in [-0.15, -0.1) is 0 Å². The maximum absolute atomic E-state index is 11.9. The molecule has 0 saturated carbocycles. The Morgan fingerprint density at radius 1 is 1.50 bits per heavy atom. The molecule has 1 aromatic carbocycles. The summed E-state index contributed by atoms with van der Waals surface area (Å²) >= 11 is 5.02. The van der Waals surface area contributed by atoms with Gasteiger partial charge in [-0.05, 0) is 30.4 Å². The van der Waals surface area contributed by atoms with E-state index in [1.54, 1.807) is 18.9 Å². The fraction of sp³-hybridized carbons (Fsp3) is 0.417. The number of hydrogen-bond donors (Lipinski definition) is 0. The number of thioether (sulfide) groups is 1. The number of methoxy groups -OCH3 is 1. The van der Waals surface area contributed by atoms with Gasteiger partial charge in [0.15, 0.2) is 5.78 Å². The van der Waals surface area contributed by atoms with Gasteiger partial charge in [0.05, 0.1) is 18.4 Å². The highest BCUT2D eigenvalue weighted by Crippen LogP contribution is 2.24. The SMILES string of the molecule is CCCSCC(=O)c1cc(Br)ccc1OC. The molecule has 0 aromatic heterocycles. The van der Waals surface area contributed by atoms with Gasteiger partial charge in [-0.2, -0.15) is 11.8 Å². The lowest BCUT2D eigenvalue weighted by Crippen LogP contribution is -2.05. The van der Waals surface area contributed by atoms with E-state index in [0.717, 1.165) is 16.6 Å². The van der Waals surface area contributed by atoms with Crippen molar-refractivity contribution >= 4 is 33.5 Å². The molecular formula is C12H15BrO2S. The molecule has 2 nitrogen and oxygen atoms in total. The van der Waals surface area contributed by atoms with E-state index in [0.29, 0.717) is 17.1 Å². The van der Waals surface area contributed by atoms with Gasteiger partial charge in [-0.1, -0.05) is 22.9 Å². The Balaban J connectivity index is 2.76. The lowest BCUT2D eigenvalue weighted by molar-refractivity contribution is 0.101. The van der Waals surface area contributed by atoms with Crippen LogP contribution in [0, 0.1) is 0 Å². The number of benzene rings is 1. The minimum Gasteiger partial charge on any atom is -0.496 e. The van der Waals surface area contributed by atoms with E-state index in [1.807, 2.05) is 18.2 Å². The number of hydrogen-bond acceptors (Lipinski definition) is 3. The van der Waals surface area contributed by atoms with Crippen LogP contribution in [0.5, 0.6) is 5.75 Å². The third kappa shape index (κ3) is 3.83. The molecule has 0 atom stereocenters. The molecule has 0 N–H and O–H groups in total. The lowest BCUT2D eigenvalue weighted by Gasteiger charge is -2.07. The summed E-state index contributed by atoms with van der Waals surface area (Å²) in [5.41, 5.74) is 0.653. The van der Waals surface area contributed by atoms with Crippen molar-refractivity contribution in [3.05, 3.63) is 28.2 Å². The summed E-state index contributed by atoms with van der Waals surface area (Å²) in [6.07, 6.45) is 1.09. The van der Waals surface area contributed by atoms with Crippen molar-refractivity contribution in [1.82, 2.24) is 0 Å². The second kappa shape index (κ2) is 6.97. The molecule has 0 aliphatic rings. The van der Waals surface area contributed by atoms with Crippen LogP contribution in [0.25, 0.3) is 0 Å². The van der Waals surface area contributed by atoms with Crippen LogP contribution in [0.3, 0.4) is 0 Å². The third-order valence-electron chi connectivity index (χ3n) is 2.04. The Morgan fingerprint density at radius 2 is 2.25 bits per heavy atom. The van der Waals surface area contributed by atoms with Gasteiger partial charge in [0.2, 0.25) is 0 Å². The quantitative estimate of drug-likeness (QED) is 0.591. The van der Waals surface area contributed by atoms with Gasteiger partial charge >= 0.3 is 0 Å². The first-order chi connectivity index (χ1) is 7.69. The first-order valence-corrected chi connectivity index (χ1v) is 7.08. The summed E-state index contributed by atoms with van der Waals surface area (Å²) in [7, 11) is 1.58. The third-order valence-corrected chi connectivity index (χ3v) is 3.70. The monoisotopic (exact) mass is 302 g/mol. The molecule has 16 heavy (non-hydrogen) atoms. The number of carbonyl (C=O) groups excluding carboxylic acids is 1. The van der Waals surface area contributed by atoms with Crippen LogP contribution < -0.4 is 4.74 Å². The van der Waals surface area contributed by atoms with Crippen molar-refractivity contribution in [2.24, 2.45) is 0 Å². The van der Waals surface area contributed by atoms with Crippen LogP contribution in [-0.2, 0) is 0 Å². The Morgan fingerprint density at radius 3 is 2.88 bits per heavy atom. The molecule has 0 aliphatic carbocycles. The van der Waals surface area contributed by atoms with Crippen molar-refractivity contribution in [3.63, 3.8) is 0 Å². The van der Waals surface area contributed by atoms with Crippen LogP contribution in [0.4, 0.5) is 0 Å². The second-order valence-corrected chi connectivity index (χ2v) is 5.34. The molecule has 0 bridgehead atoms. The summed E-state index contributed by atoms with van der Waals surface area (Å²) in [4.78, 5) is 11.9. The summed E-state index contributed by atoms with van der Waals surface area (Å²) in [5, 5.41) is 0. The molecule has 0 amide bonds. The number of rotatable bonds is 6. The minimum absolute atomic E-state index is 0.122. The first-order valence-electron chi connectivity index (χ1n) is 5.13. The zero-order valence-electron chi connectivity index (χ0n) is 9.46. The zero-order chi connectivity index (χ0) is 12.0. The molecular weight excluding hydrogens is 288 g/mol. The predicted molar refractivity (Wildman–Crippen MR) is 72.6 cm³/mol. The maximum Gasteiger partial charge on any atom is 0.176 e. The van der Waals surface area contributed by atoms with Gasteiger partial charge in [0.25, 0.3) is 0 Å². The van der Waals surface area contributed by atoms with Crippen LogP contribution in [-0.4, -0.2) is 24.4 Å².